The van der Waals surface area contributed by atoms with Crippen LogP contribution in [0.1, 0.15) is 61.3 Å². The van der Waals surface area contributed by atoms with Gasteiger partial charge in [-0.15, -0.1) is 0 Å². The number of phenols is 1. The highest BCUT2D eigenvalue weighted by Crippen LogP contribution is 2.47. The number of phenolic OH excluding ortho intramolecular Hbond substituents is 1. The number of hydrogen-bond acceptors (Lipinski definition) is 3. The summed E-state index contributed by atoms with van der Waals surface area (Å²) in [7, 11) is 0. The molecule has 5 atom stereocenters. The second-order valence-electron chi connectivity index (χ2n) is 6.80. The molecule has 2 bridgehead atoms. The number of rotatable bonds is 2. The average Bonchev–Trinajstić information content (AvgIpc) is 3.09. The molecule has 0 radical (unpaired) electrons. The molecule has 3 aliphatic rings. The largest absolute Gasteiger partial charge is 0.508 e. The molecule has 2 fully saturated rings. The number of nitrogens with one attached hydrogen (secondary N) is 1. The van der Waals surface area contributed by atoms with Crippen molar-refractivity contribution in [3.8, 4) is 5.75 Å². The minimum Gasteiger partial charge on any atom is -0.508 e. The van der Waals surface area contributed by atoms with Crippen molar-refractivity contribution in [3.63, 3.8) is 0 Å². The molecule has 1 aromatic carbocycles. The molecule has 0 amide bonds. The first-order valence-corrected chi connectivity index (χ1v) is 7.87. The standard InChI is InChI=1S/C17H23NO2/c1-9-3-5-14(19)17-13(7-10(2)16(9)17)18-12-8-11-4-6-15(12)20-11/h3,5,10-13,15,18-19H,4,6-8H2,1-2H3. The van der Waals surface area contributed by atoms with Crippen LogP contribution in [0.4, 0.5) is 0 Å². The molecule has 1 aliphatic carbocycles. The van der Waals surface area contributed by atoms with Crippen LogP contribution < -0.4 is 5.32 Å². The SMILES string of the molecule is Cc1ccc(O)c2c1C(C)CC2NC1CC2CCC1O2. The maximum absolute atomic E-state index is 10.3. The van der Waals surface area contributed by atoms with Crippen LogP contribution in [-0.2, 0) is 4.74 Å². The van der Waals surface area contributed by atoms with E-state index < -0.39 is 0 Å². The Morgan fingerprint density at radius 2 is 2.05 bits per heavy atom. The zero-order valence-corrected chi connectivity index (χ0v) is 12.2. The number of aryl methyl sites for hydroxylation is 1. The van der Waals surface area contributed by atoms with E-state index in [-0.39, 0.29) is 6.04 Å². The Bertz CT molecular complexity index is 542. The van der Waals surface area contributed by atoms with Gasteiger partial charge in [0.25, 0.3) is 0 Å². The lowest BCUT2D eigenvalue weighted by Gasteiger charge is -2.25. The predicted molar refractivity (Wildman–Crippen MR) is 78.1 cm³/mol. The third-order valence-corrected chi connectivity index (χ3v) is 5.43. The van der Waals surface area contributed by atoms with E-state index in [4.69, 9.17) is 4.74 Å². The number of ether oxygens (including phenoxy) is 1. The third kappa shape index (κ3) is 1.80. The van der Waals surface area contributed by atoms with Crippen molar-refractivity contribution < 1.29 is 9.84 Å². The first-order valence-electron chi connectivity index (χ1n) is 7.87. The lowest BCUT2D eigenvalue weighted by molar-refractivity contribution is 0.0958. The minimum atomic E-state index is 0.285. The fraction of sp³-hybridized carbons (Fsp3) is 0.647. The van der Waals surface area contributed by atoms with Crippen LogP contribution in [0.5, 0.6) is 5.75 Å². The van der Waals surface area contributed by atoms with E-state index in [2.05, 4.69) is 19.2 Å². The molecular formula is C17H23NO2. The van der Waals surface area contributed by atoms with Crippen LogP contribution in [0.25, 0.3) is 0 Å². The van der Waals surface area contributed by atoms with Gasteiger partial charge in [0, 0.05) is 17.6 Å². The van der Waals surface area contributed by atoms with Crippen LogP contribution in [0.15, 0.2) is 12.1 Å². The Morgan fingerprint density at radius 3 is 2.75 bits per heavy atom. The molecule has 2 saturated heterocycles. The Hall–Kier alpha value is -1.06. The second kappa shape index (κ2) is 4.47. The van der Waals surface area contributed by atoms with Gasteiger partial charge in [-0.05, 0) is 55.7 Å². The molecule has 4 rings (SSSR count). The smallest absolute Gasteiger partial charge is 0.120 e. The lowest BCUT2D eigenvalue weighted by atomic mass is 9.94. The van der Waals surface area contributed by atoms with Crippen molar-refractivity contribution >= 4 is 0 Å². The Kier molecular flexibility index (Phi) is 2.83. The minimum absolute atomic E-state index is 0.285. The van der Waals surface area contributed by atoms with E-state index >= 15 is 0 Å². The van der Waals surface area contributed by atoms with Crippen LogP contribution >= 0.6 is 0 Å². The van der Waals surface area contributed by atoms with Gasteiger partial charge in [0.05, 0.1) is 12.2 Å². The normalized spacial score (nSPS) is 38.4. The summed E-state index contributed by atoms with van der Waals surface area (Å²) in [6.07, 6.45) is 5.51. The van der Waals surface area contributed by atoms with Gasteiger partial charge in [-0.2, -0.15) is 0 Å². The fourth-order valence-corrected chi connectivity index (χ4v) is 4.57. The highest BCUT2D eigenvalue weighted by molar-refractivity contribution is 5.51. The molecular weight excluding hydrogens is 250 g/mol. The van der Waals surface area contributed by atoms with Gasteiger partial charge >= 0.3 is 0 Å². The molecule has 1 aromatic rings. The predicted octanol–water partition coefficient (Wildman–Crippen LogP) is 3.16. The number of fused-ring (bicyclic) bond motifs is 3. The summed E-state index contributed by atoms with van der Waals surface area (Å²) < 4.78 is 5.94. The Labute approximate surface area is 120 Å². The molecule has 2 aliphatic heterocycles. The first-order chi connectivity index (χ1) is 9.63. The van der Waals surface area contributed by atoms with Crippen molar-refractivity contribution in [1.29, 1.82) is 0 Å². The molecule has 0 aromatic heterocycles. The Morgan fingerprint density at radius 1 is 1.20 bits per heavy atom. The van der Waals surface area contributed by atoms with Crippen LogP contribution in [-0.4, -0.2) is 23.4 Å². The van der Waals surface area contributed by atoms with Gasteiger partial charge in [-0.3, -0.25) is 0 Å². The molecule has 0 saturated carbocycles. The number of benzene rings is 1. The number of aromatic hydroxyl groups is 1. The van der Waals surface area contributed by atoms with E-state index in [1.54, 1.807) is 0 Å². The maximum Gasteiger partial charge on any atom is 0.120 e. The molecule has 3 heteroatoms. The molecule has 2 heterocycles. The zero-order chi connectivity index (χ0) is 13.9. The van der Waals surface area contributed by atoms with Crippen molar-refractivity contribution in [3.05, 3.63) is 28.8 Å². The molecule has 0 spiro atoms. The topological polar surface area (TPSA) is 41.5 Å². The first kappa shape index (κ1) is 12.7. The maximum atomic E-state index is 10.3. The molecule has 5 unspecified atom stereocenters. The van der Waals surface area contributed by atoms with Gasteiger partial charge in [-0.1, -0.05) is 13.0 Å². The van der Waals surface area contributed by atoms with E-state index in [1.807, 2.05) is 12.1 Å². The average molecular weight is 273 g/mol. The van der Waals surface area contributed by atoms with E-state index in [0.717, 1.165) is 18.4 Å². The Balaban J connectivity index is 1.61. The summed E-state index contributed by atoms with van der Waals surface area (Å²) in [6.45, 7) is 4.42. The quantitative estimate of drug-likeness (QED) is 0.869. The summed E-state index contributed by atoms with van der Waals surface area (Å²) >= 11 is 0. The van der Waals surface area contributed by atoms with E-state index in [1.165, 1.54) is 24.0 Å². The van der Waals surface area contributed by atoms with Gasteiger partial charge in [0.2, 0.25) is 0 Å². The summed E-state index contributed by atoms with van der Waals surface area (Å²) in [4.78, 5) is 0. The third-order valence-electron chi connectivity index (χ3n) is 5.43. The molecule has 2 N–H and O–H groups in total. The summed E-state index contributed by atoms with van der Waals surface area (Å²) in [5, 5.41) is 14.1. The van der Waals surface area contributed by atoms with Gasteiger partial charge < -0.3 is 15.2 Å². The van der Waals surface area contributed by atoms with Gasteiger partial charge in [-0.25, -0.2) is 0 Å². The summed E-state index contributed by atoms with van der Waals surface area (Å²) in [6, 6.07) is 4.64. The highest BCUT2D eigenvalue weighted by Gasteiger charge is 2.43. The summed E-state index contributed by atoms with van der Waals surface area (Å²) in [5.41, 5.74) is 3.80. The molecule has 20 heavy (non-hydrogen) atoms. The lowest BCUT2D eigenvalue weighted by Crippen LogP contribution is -2.39. The second-order valence-corrected chi connectivity index (χ2v) is 6.80. The van der Waals surface area contributed by atoms with Crippen molar-refractivity contribution in [1.82, 2.24) is 5.32 Å². The van der Waals surface area contributed by atoms with Gasteiger partial charge in [0.15, 0.2) is 0 Å². The fourth-order valence-electron chi connectivity index (χ4n) is 4.57. The van der Waals surface area contributed by atoms with Gasteiger partial charge in [0.1, 0.15) is 5.75 Å². The van der Waals surface area contributed by atoms with Crippen molar-refractivity contribution in [2.75, 3.05) is 0 Å². The highest BCUT2D eigenvalue weighted by atomic mass is 16.5. The van der Waals surface area contributed by atoms with Crippen molar-refractivity contribution in [2.24, 2.45) is 0 Å². The van der Waals surface area contributed by atoms with E-state index in [0.29, 0.717) is 29.9 Å². The zero-order valence-electron chi connectivity index (χ0n) is 12.2. The van der Waals surface area contributed by atoms with E-state index in [9.17, 15) is 5.11 Å². The summed E-state index contributed by atoms with van der Waals surface area (Å²) in [5.74, 6) is 0.977. The van der Waals surface area contributed by atoms with Crippen LogP contribution in [0.3, 0.4) is 0 Å². The number of hydrogen-bond donors (Lipinski definition) is 2. The van der Waals surface area contributed by atoms with Crippen LogP contribution in [0, 0.1) is 6.92 Å². The monoisotopic (exact) mass is 273 g/mol. The molecule has 108 valence electrons. The molecule has 3 nitrogen and oxygen atoms in total. The van der Waals surface area contributed by atoms with Crippen LogP contribution in [0.2, 0.25) is 0 Å². The van der Waals surface area contributed by atoms with Crippen molar-refractivity contribution in [2.45, 2.75) is 69.7 Å².